The maximum Gasteiger partial charge on any atom is 0.321 e. The number of rotatable bonds is 3. The molecule has 0 bridgehead atoms. The summed E-state index contributed by atoms with van der Waals surface area (Å²) in [5.41, 5.74) is 1.76. The molecule has 2 heterocycles. The molecule has 1 aromatic carbocycles. The van der Waals surface area contributed by atoms with E-state index in [0.29, 0.717) is 21.6 Å². The Hall–Kier alpha value is -2.67. The highest BCUT2D eigenvalue weighted by Crippen LogP contribution is 2.16. The molecule has 0 radical (unpaired) electrons. The number of likely N-dealkylation sites (tertiary alicyclic amines) is 1. The summed E-state index contributed by atoms with van der Waals surface area (Å²) in [6, 6.07) is 10.4. The van der Waals surface area contributed by atoms with Crippen molar-refractivity contribution >= 4 is 35.5 Å². The Kier molecular flexibility index (Phi) is 6.01. The van der Waals surface area contributed by atoms with Gasteiger partial charge in [-0.1, -0.05) is 25.1 Å². The summed E-state index contributed by atoms with van der Waals surface area (Å²) in [5, 5.41) is 5.72. The topological polar surface area (TPSA) is 77.2 Å². The smallest absolute Gasteiger partial charge is 0.321 e. The molecule has 6 nitrogen and oxygen atoms in total. The van der Waals surface area contributed by atoms with Crippen molar-refractivity contribution in [3.05, 3.63) is 52.8 Å². The number of hydrogen-bond acceptors (Lipinski definition) is 3. The molecule has 3 amide bonds. The number of anilines is 2. The summed E-state index contributed by atoms with van der Waals surface area (Å²) in [4.78, 5) is 29.3. The molecule has 1 saturated heterocycles. The van der Waals surface area contributed by atoms with Crippen molar-refractivity contribution in [1.82, 2.24) is 9.88 Å². The van der Waals surface area contributed by atoms with E-state index in [0.717, 1.165) is 25.9 Å². The lowest BCUT2D eigenvalue weighted by molar-refractivity contribution is 0.102. The third kappa shape index (κ3) is 4.70. The largest absolute Gasteiger partial charge is 0.352 e. The van der Waals surface area contributed by atoms with Gasteiger partial charge in [-0.2, -0.15) is 0 Å². The summed E-state index contributed by atoms with van der Waals surface area (Å²) in [7, 11) is 0. The quantitative estimate of drug-likeness (QED) is 0.701. The number of carbonyl (C=O) groups is 2. The monoisotopic (exact) mass is 370 g/mol. The SMILES string of the molecule is O=C(Nc1ccc(NC(=O)N2CCCCCC2)cc1)c1ccc[nH]c1=S. The lowest BCUT2D eigenvalue weighted by Gasteiger charge is -2.20. The summed E-state index contributed by atoms with van der Waals surface area (Å²) in [6.45, 7) is 1.61. The fraction of sp³-hybridized carbons (Fsp3) is 0.316. The minimum Gasteiger partial charge on any atom is -0.352 e. The second kappa shape index (κ2) is 8.62. The van der Waals surface area contributed by atoms with Crippen LogP contribution < -0.4 is 10.6 Å². The van der Waals surface area contributed by atoms with E-state index in [-0.39, 0.29) is 11.9 Å². The summed E-state index contributed by atoms with van der Waals surface area (Å²) in [5.74, 6) is -0.270. The molecule has 3 N–H and O–H groups in total. The van der Waals surface area contributed by atoms with Crippen molar-refractivity contribution < 1.29 is 9.59 Å². The van der Waals surface area contributed by atoms with Gasteiger partial charge in [0.2, 0.25) is 0 Å². The number of aromatic nitrogens is 1. The van der Waals surface area contributed by atoms with Crippen LogP contribution in [0.3, 0.4) is 0 Å². The minimum atomic E-state index is -0.270. The summed E-state index contributed by atoms with van der Waals surface area (Å²) in [6.07, 6.45) is 6.16. The molecule has 0 atom stereocenters. The Balaban J connectivity index is 1.59. The molecule has 1 aliphatic heterocycles. The van der Waals surface area contributed by atoms with Crippen LogP contribution in [0.1, 0.15) is 36.0 Å². The van der Waals surface area contributed by atoms with Gasteiger partial charge in [0, 0.05) is 30.7 Å². The molecular weight excluding hydrogens is 348 g/mol. The zero-order valence-corrected chi connectivity index (χ0v) is 15.3. The van der Waals surface area contributed by atoms with E-state index < -0.39 is 0 Å². The fourth-order valence-electron chi connectivity index (χ4n) is 2.91. The number of nitrogens with one attached hydrogen (secondary N) is 3. The highest BCUT2D eigenvalue weighted by molar-refractivity contribution is 7.71. The van der Waals surface area contributed by atoms with Crippen molar-refractivity contribution in [3.63, 3.8) is 0 Å². The van der Waals surface area contributed by atoms with Crippen LogP contribution in [0.25, 0.3) is 0 Å². The van der Waals surface area contributed by atoms with Crippen LogP contribution in [0.2, 0.25) is 0 Å². The number of aromatic amines is 1. The van der Waals surface area contributed by atoms with Crippen LogP contribution in [-0.2, 0) is 0 Å². The number of hydrogen-bond donors (Lipinski definition) is 3. The third-order valence-electron chi connectivity index (χ3n) is 4.35. The Bertz CT molecular complexity index is 824. The number of carbonyl (C=O) groups excluding carboxylic acids is 2. The molecule has 2 aromatic rings. The van der Waals surface area contributed by atoms with Gasteiger partial charge in [-0.3, -0.25) is 4.79 Å². The van der Waals surface area contributed by atoms with Crippen LogP contribution in [0.15, 0.2) is 42.6 Å². The molecular formula is C19H22N4O2S. The molecule has 136 valence electrons. The van der Waals surface area contributed by atoms with Crippen molar-refractivity contribution in [2.24, 2.45) is 0 Å². The van der Waals surface area contributed by atoms with Gasteiger partial charge in [-0.05, 0) is 49.2 Å². The maximum absolute atomic E-state index is 12.3. The van der Waals surface area contributed by atoms with Gasteiger partial charge in [0.15, 0.2) is 0 Å². The average Bonchev–Trinajstić information content (AvgIpc) is 2.93. The van der Waals surface area contributed by atoms with Crippen LogP contribution in [0, 0.1) is 4.64 Å². The first-order chi connectivity index (χ1) is 12.6. The second-order valence-electron chi connectivity index (χ2n) is 6.28. The van der Waals surface area contributed by atoms with E-state index in [2.05, 4.69) is 15.6 Å². The van der Waals surface area contributed by atoms with Crippen molar-refractivity contribution in [1.29, 1.82) is 0 Å². The number of nitrogens with zero attached hydrogens (tertiary/aromatic N) is 1. The first-order valence-electron chi connectivity index (χ1n) is 8.78. The highest BCUT2D eigenvalue weighted by atomic mass is 32.1. The molecule has 0 aliphatic carbocycles. The fourth-order valence-corrected chi connectivity index (χ4v) is 3.14. The van der Waals surface area contributed by atoms with Gasteiger partial charge in [-0.15, -0.1) is 0 Å². The lowest BCUT2D eigenvalue weighted by atomic mass is 10.2. The number of pyridine rings is 1. The maximum atomic E-state index is 12.3. The van der Waals surface area contributed by atoms with Gasteiger partial charge < -0.3 is 20.5 Å². The van der Waals surface area contributed by atoms with Gasteiger partial charge in [0.1, 0.15) is 4.64 Å². The normalized spacial score (nSPS) is 14.4. The molecule has 7 heteroatoms. The van der Waals surface area contributed by atoms with E-state index in [9.17, 15) is 9.59 Å². The molecule has 1 aliphatic rings. The van der Waals surface area contributed by atoms with Crippen molar-refractivity contribution in [3.8, 4) is 0 Å². The third-order valence-corrected chi connectivity index (χ3v) is 4.69. The average molecular weight is 370 g/mol. The van der Waals surface area contributed by atoms with E-state index >= 15 is 0 Å². The summed E-state index contributed by atoms with van der Waals surface area (Å²) >= 11 is 5.12. The van der Waals surface area contributed by atoms with Crippen LogP contribution in [-0.4, -0.2) is 34.9 Å². The second-order valence-corrected chi connectivity index (χ2v) is 6.68. The Labute approximate surface area is 157 Å². The van der Waals surface area contributed by atoms with E-state index in [1.54, 1.807) is 42.6 Å². The number of H-pyrrole nitrogens is 1. The van der Waals surface area contributed by atoms with Gasteiger partial charge in [0.05, 0.1) is 5.56 Å². The Morgan fingerprint density at radius 3 is 2.15 bits per heavy atom. The number of amides is 3. The van der Waals surface area contributed by atoms with Crippen molar-refractivity contribution in [2.75, 3.05) is 23.7 Å². The highest BCUT2D eigenvalue weighted by Gasteiger charge is 2.15. The molecule has 0 saturated carbocycles. The minimum absolute atomic E-state index is 0.0701. The molecule has 26 heavy (non-hydrogen) atoms. The Morgan fingerprint density at radius 2 is 1.54 bits per heavy atom. The van der Waals surface area contributed by atoms with Gasteiger partial charge in [-0.25, -0.2) is 4.79 Å². The van der Waals surface area contributed by atoms with Crippen LogP contribution in [0.5, 0.6) is 0 Å². The molecule has 0 unspecified atom stereocenters. The number of urea groups is 1. The first-order valence-corrected chi connectivity index (χ1v) is 9.19. The van der Waals surface area contributed by atoms with E-state index in [1.165, 1.54) is 12.8 Å². The van der Waals surface area contributed by atoms with E-state index in [4.69, 9.17) is 12.2 Å². The van der Waals surface area contributed by atoms with Gasteiger partial charge in [0.25, 0.3) is 5.91 Å². The summed E-state index contributed by atoms with van der Waals surface area (Å²) < 4.78 is 0.395. The van der Waals surface area contributed by atoms with Gasteiger partial charge >= 0.3 is 6.03 Å². The van der Waals surface area contributed by atoms with Crippen molar-refractivity contribution in [2.45, 2.75) is 25.7 Å². The molecule has 0 spiro atoms. The van der Waals surface area contributed by atoms with Crippen LogP contribution >= 0.6 is 12.2 Å². The molecule has 1 aromatic heterocycles. The Morgan fingerprint density at radius 1 is 0.923 bits per heavy atom. The van der Waals surface area contributed by atoms with Crippen LogP contribution in [0.4, 0.5) is 16.2 Å². The predicted molar refractivity (Wildman–Crippen MR) is 105 cm³/mol. The molecule has 3 rings (SSSR count). The predicted octanol–water partition coefficient (Wildman–Crippen LogP) is 4.40. The standard InChI is InChI=1S/C19H22N4O2S/c24-17(16-6-5-11-20-18(16)26)21-14-7-9-15(10-8-14)22-19(25)23-12-3-1-2-4-13-23/h5-11H,1-4,12-13H2,(H,20,26)(H,21,24)(H,22,25). The number of benzene rings is 1. The first kappa shape index (κ1) is 18.1. The lowest BCUT2D eigenvalue weighted by Crippen LogP contribution is -2.35. The molecule has 1 fully saturated rings. The zero-order chi connectivity index (χ0) is 18.4. The zero-order valence-electron chi connectivity index (χ0n) is 14.5. The van der Waals surface area contributed by atoms with E-state index in [1.807, 2.05) is 4.90 Å².